The van der Waals surface area contributed by atoms with E-state index in [-0.39, 0.29) is 10.5 Å². The van der Waals surface area contributed by atoms with E-state index in [1.165, 1.54) is 6.20 Å². The van der Waals surface area contributed by atoms with Crippen LogP contribution in [0.2, 0.25) is 10.0 Å². The Balaban J connectivity index is 3.03. The lowest BCUT2D eigenvalue weighted by Crippen LogP contribution is -2.03. The van der Waals surface area contributed by atoms with Crippen molar-refractivity contribution in [2.24, 2.45) is 0 Å². The predicted octanol–water partition coefficient (Wildman–Crippen LogP) is 3.44. The van der Waals surface area contributed by atoms with Gasteiger partial charge in [0.05, 0.1) is 5.52 Å². The average Bonchev–Trinajstić information content (AvgIpc) is 2.12. The normalized spacial score (nSPS) is 10.8. The average molecular weight is 340 g/mol. The Morgan fingerprint density at radius 2 is 2.00 bits per heavy atom. The molecule has 0 aliphatic carbocycles. The number of aromatic amines is 1. The number of halogens is 3. The molecule has 0 radical (unpaired) electrons. The van der Waals surface area contributed by atoms with E-state index in [0.29, 0.717) is 10.4 Å². The first-order chi connectivity index (χ1) is 6.59. The summed E-state index contributed by atoms with van der Waals surface area (Å²) in [5, 5.41) is 1.24. The maximum Gasteiger partial charge on any atom is 0.208 e. The molecule has 72 valence electrons. The second-order valence-electron chi connectivity index (χ2n) is 2.78. The van der Waals surface area contributed by atoms with E-state index in [4.69, 9.17) is 23.2 Å². The molecule has 14 heavy (non-hydrogen) atoms. The molecule has 0 saturated heterocycles. The minimum atomic E-state index is -0.194. The van der Waals surface area contributed by atoms with Gasteiger partial charge in [0, 0.05) is 20.2 Å². The van der Waals surface area contributed by atoms with Gasteiger partial charge in [0.15, 0.2) is 0 Å². The number of hydrogen-bond acceptors (Lipinski definition) is 1. The predicted molar refractivity (Wildman–Crippen MR) is 67.3 cm³/mol. The number of H-pyrrole nitrogens is 1. The Morgan fingerprint density at radius 1 is 1.29 bits per heavy atom. The number of nitrogens with one attached hydrogen (secondary N) is 1. The number of benzene rings is 1. The fourth-order valence-electron chi connectivity index (χ4n) is 1.23. The highest BCUT2D eigenvalue weighted by molar-refractivity contribution is 14.1. The van der Waals surface area contributed by atoms with Crippen molar-refractivity contribution in [3.63, 3.8) is 0 Å². The molecule has 0 bridgehead atoms. The van der Waals surface area contributed by atoms with Crippen LogP contribution in [-0.2, 0) is 0 Å². The third kappa shape index (κ3) is 1.64. The second-order valence-corrected chi connectivity index (χ2v) is 4.78. The Kier molecular flexibility index (Phi) is 2.72. The van der Waals surface area contributed by atoms with Crippen LogP contribution in [0.1, 0.15) is 0 Å². The molecular formula is C9H4Cl2INO. The summed E-state index contributed by atoms with van der Waals surface area (Å²) in [6, 6.07) is 3.40. The zero-order valence-corrected chi connectivity index (χ0v) is 10.4. The Bertz CT molecular complexity index is 564. The summed E-state index contributed by atoms with van der Waals surface area (Å²) in [7, 11) is 0. The van der Waals surface area contributed by atoms with Gasteiger partial charge in [0.2, 0.25) is 5.43 Å². The van der Waals surface area contributed by atoms with Crippen molar-refractivity contribution in [3.8, 4) is 0 Å². The van der Waals surface area contributed by atoms with Crippen LogP contribution in [-0.4, -0.2) is 4.98 Å². The van der Waals surface area contributed by atoms with Gasteiger partial charge in [-0.3, -0.25) is 4.79 Å². The van der Waals surface area contributed by atoms with E-state index in [9.17, 15) is 4.79 Å². The van der Waals surface area contributed by atoms with E-state index < -0.39 is 0 Å². The smallest absolute Gasteiger partial charge is 0.208 e. The molecule has 0 spiro atoms. The number of rotatable bonds is 0. The molecule has 0 saturated carbocycles. The minimum absolute atomic E-state index is 0.176. The molecule has 1 aromatic carbocycles. The third-order valence-electron chi connectivity index (χ3n) is 1.86. The molecule has 2 nitrogen and oxygen atoms in total. The van der Waals surface area contributed by atoms with Gasteiger partial charge in [-0.1, -0.05) is 23.2 Å². The Morgan fingerprint density at radius 3 is 2.71 bits per heavy atom. The summed E-state index contributed by atoms with van der Waals surface area (Å²) in [5.74, 6) is 0. The van der Waals surface area contributed by atoms with Gasteiger partial charge < -0.3 is 4.98 Å². The molecular weight excluding hydrogens is 336 g/mol. The van der Waals surface area contributed by atoms with Gasteiger partial charge in [-0.05, 0) is 34.7 Å². The van der Waals surface area contributed by atoms with Crippen molar-refractivity contribution in [1.29, 1.82) is 0 Å². The number of fused-ring (bicyclic) bond motifs is 1. The van der Waals surface area contributed by atoms with E-state index in [0.717, 1.165) is 9.09 Å². The van der Waals surface area contributed by atoms with Crippen molar-refractivity contribution < 1.29 is 0 Å². The molecule has 0 unspecified atom stereocenters. The number of aromatic nitrogens is 1. The molecule has 2 rings (SSSR count). The highest BCUT2D eigenvalue weighted by Crippen LogP contribution is 2.22. The molecule has 1 N–H and O–H groups in total. The number of hydrogen-bond donors (Lipinski definition) is 1. The first kappa shape index (κ1) is 10.3. The molecule has 2 aromatic rings. The first-order valence-electron chi connectivity index (χ1n) is 3.75. The summed E-state index contributed by atoms with van der Waals surface area (Å²) in [4.78, 5) is 14.6. The van der Waals surface area contributed by atoms with Crippen LogP contribution in [0.3, 0.4) is 0 Å². The fourth-order valence-corrected chi connectivity index (χ4v) is 2.57. The van der Waals surface area contributed by atoms with Crippen LogP contribution in [0.4, 0.5) is 0 Å². The molecule has 0 aliphatic heterocycles. The van der Waals surface area contributed by atoms with Crippen molar-refractivity contribution >= 4 is 56.7 Å². The summed E-state index contributed by atoms with van der Waals surface area (Å²) in [6.07, 6.45) is 1.49. The molecule has 5 heteroatoms. The molecule has 1 heterocycles. The number of pyridine rings is 1. The standard InChI is InChI=1S/C9H4Cl2INO/c10-4-1-5-8(7(12)2-4)13-3-6(11)9(5)14/h1-3H,(H,13,14). The topological polar surface area (TPSA) is 32.9 Å². The quantitative estimate of drug-likeness (QED) is 0.733. The van der Waals surface area contributed by atoms with Crippen molar-refractivity contribution in [1.82, 2.24) is 4.98 Å². The Labute approximate surface area is 103 Å². The zero-order chi connectivity index (χ0) is 10.3. The SMILES string of the molecule is O=c1c(Cl)c[nH]c2c(I)cc(Cl)cc12. The van der Waals surface area contributed by atoms with Crippen molar-refractivity contribution in [2.45, 2.75) is 0 Å². The summed E-state index contributed by atoms with van der Waals surface area (Å²) < 4.78 is 0.902. The summed E-state index contributed by atoms with van der Waals surface area (Å²) >= 11 is 13.7. The lowest BCUT2D eigenvalue weighted by atomic mass is 10.2. The molecule has 0 atom stereocenters. The third-order valence-corrected chi connectivity index (χ3v) is 3.21. The minimum Gasteiger partial charge on any atom is -0.359 e. The second kappa shape index (κ2) is 3.72. The van der Waals surface area contributed by atoms with Gasteiger partial charge in [0.25, 0.3) is 0 Å². The first-order valence-corrected chi connectivity index (χ1v) is 5.59. The van der Waals surface area contributed by atoms with Crippen LogP contribution >= 0.6 is 45.8 Å². The molecule has 0 fully saturated rings. The van der Waals surface area contributed by atoms with E-state index >= 15 is 0 Å². The monoisotopic (exact) mass is 339 g/mol. The molecule has 0 amide bonds. The van der Waals surface area contributed by atoms with Gasteiger partial charge in [0.1, 0.15) is 5.02 Å². The maximum atomic E-state index is 11.6. The Hall–Kier alpha value is -0.260. The van der Waals surface area contributed by atoms with Gasteiger partial charge in [-0.15, -0.1) is 0 Å². The maximum absolute atomic E-state index is 11.6. The van der Waals surface area contributed by atoms with Crippen molar-refractivity contribution in [2.75, 3.05) is 0 Å². The van der Waals surface area contributed by atoms with Crippen molar-refractivity contribution in [3.05, 3.63) is 42.2 Å². The van der Waals surface area contributed by atoms with Gasteiger partial charge in [-0.2, -0.15) is 0 Å². The lowest BCUT2D eigenvalue weighted by Gasteiger charge is -2.01. The van der Waals surface area contributed by atoms with Crippen LogP contribution in [0.25, 0.3) is 10.9 Å². The summed E-state index contributed by atoms with van der Waals surface area (Å²) in [5.41, 5.74) is 0.574. The van der Waals surface area contributed by atoms with Crippen LogP contribution in [0.5, 0.6) is 0 Å². The van der Waals surface area contributed by atoms with Crippen LogP contribution in [0.15, 0.2) is 23.1 Å². The molecule has 0 aliphatic rings. The van der Waals surface area contributed by atoms with E-state index in [1.54, 1.807) is 12.1 Å². The largest absolute Gasteiger partial charge is 0.359 e. The molecule has 1 aromatic heterocycles. The lowest BCUT2D eigenvalue weighted by molar-refractivity contribution is 1.38. The zero-order valence-electron chi connectivity index (χ0n) is 6.77. The van der Waals surface area contributed by atoms with Gasteiger partial charge >= 0.3 is 0 Å². The van der Waals surface area contributed by atoms with Crippen LogP contribution in [0, 0.1) is 3.57 Å². The fraction of sp³-hybridized carbons (Fsp3) is 0. The highest BCUT2D eigenvalue weighted by Gasteiger charge is 2.06. The van der Waals surface area contributed by atoms with E-state index in [1.807, 2.05) is 0 Å². The van der Waals surface area contributed by atoms with Crippen LogP contribution < -0.4 is 5.43 Å². The van der Waals surface area contributed by atoms with E-state index in [2.05, 4.69) is 27.6 Å². The summed E-state index contributed by atoms with van der Waals surface area (Å²) in [6.45, 7) is 0. The highest BCUT2D eigenvalue weighted by atomic mass is 127. The van der Waals surface area contributed by atoms with Gasteiger partial charge in [-0.25, -0.2) is 0 Å².